The highest BCUT2D eigenvalue weighted by Crippen LogP contribution is 2.25. The first kappa shape index (κ1) is 12.6. The van der Waals surface area contributed by atoms with Crippen LogP contribution in [0.4, 0.5) is 5.82 Å². The number of rotatable bonds is 3. The van der Waals surface area contributed by atoms with Crippen LogP contribution in [0.1, 0.15) is 5.82 Å². The number of aromatic nitrogens is 3. The van der Waals surface area contributed by atoms with Gasteiger partial charge in [-0.2, -0.15) is 0 Å². The lowest BCUT2D eigenvalue weighted by atomic mass is 10.1. The van der Waals surface area contributed by atoms with E-state index in [0.29, 0.717) is 23.8 Å². The lowest BCUT2D eigenvalue weighted by molar-refractivity contribution is 0.415. The summed E-state index contributed by atoms with van der Waals surface area (Å²) >= 11 is 0. The van der Waals surface area contributed by atoms with Gasteiger partial charge in [0.05, 0.1) is 24.6 Å². The van der Waals surface area contributed by atoms with Gasteiger partial charge < -0.3 is 15.8 Å². The fourth-order valence-electron chi connectivity index (χ4n) is 2.12. The number of pyridine rings is 1. The number of hydrogen-bond acceptors (Lipinski definition) is 6. The zero-order valence-corrected chi connectivity index (χ0v) is 11.3. The second-order valence-corrected chi connectivity index (χ2v) is 4.47. The quantitative estimate of drug-likeness (QED) is 0.701. The normalized spacial score (nSPS) is 11.1. The van der Waals surface area contributed by atoms with Crippen molar-refractivity contribution in [3.63, 3.8) is 0 Å². The topological polar surface area (TPSA) is 86.0 Å². The van der Waals surface area contributed by atoms with Crippen LogP contribution in [-0.4, -0.2) is 29.1 Å². The highest BCUT2D eigenvalue weighted by molar-refractivity contribution is 5.96. The largest absolute Gasteiger partial charge is 0.497 e. The molecule has 0 fully saturated rings. The van der Waals surface area contributed by atoms with Gasteiger partial charge in [0.1, 0.15) is 17.4 Å². The number of ether oxygens (including phenoxy) is 1. The maximum absolute atomic E-state index is 5.99. The summed E-state index contributed by atoms with van der Waals surface area (Å²) in [7, 11) is 3.47. The van der Waals surface area contributed by atoms with Crippen molar-refractivity contribution in [1.29, 1.82) is 0 Å². The van der Waals surface area contributed by atoms with Gasteiger partial charge in [-0.1, -0.05) is 0 Å². The van der Waals surface area contributed by atoms with Gasteiger partial charge in [-0.3, -0.25) is 0 Å². The second kappa shape index (κ2) is 4.90. The van der Waals surface area contributed by atoms with Crippen molar-refractivity contribution in [2.45, 2.75) is 6.54 Å². The molecule has 0 aliphatic carbocycles. The minimum atomic E-state index is 0.450. The molecule has 6 heteroatoms. The Morgan fingerprint density at radius 3 is 2.80 bits per heavy atom. The van der Waals surface area contributed by atoms with Crippen molar-refractivity contribution in [3.05, 3.63) is 30.1 Å². The van der Waals surface area contributed by atoms with E-state index >= 15 is 0 Å². The van der Waals surface area contributed by atoms with Crippen LogP contribution in [0.25, 0.3) is 21.9 Å². The molecule has 0 radical (unpaired) electrons. The van der Waals surface area contributed by atoms with E-state index in [4.69, 9.17) is 10.5 Å². The van der Waals surface area contributed by atoms with E-state index in [0.717, 1.165) is 22.0 Å². The summed E-state index contributed by atoms with van der Waals surface area (Å²) in [4.78, 5) is 13.2. The first-order valence-electron chi connectivity index (χ1n) is 6.27. The molecule has 3 N–H and O–H groups in total. The number of nitrogens with one attached hydrogen (secondary N) is 1. The van der Waals surface area contributed by atoms with Gasteiger partial charge in [-0.25, -0.2) is 15.0 Å². The number of methoxy groups -OCH3 is 1. The minimum Gasteiger partial charge on any atom is -0.497 e. The van der Waals surface area contributed by atoms with Crippen molar-refractivity contribution in [2.75, 3.05) is 19.9 Å². The third-order valence-corrected chi connectivity index (χ3v) is 3.10. The van der Waals surface area contributed by atoms with Crippen LogP contribution in [0.5, 0.6) is 5.75 Å². The summed E-state index contributed by atoms with van der Waals surface area (Å²) in [5, 5.41) is 4.75. The number of fused-ring (bicyclic) bond motifs is 2. The molecule has 0 aliphatic rings. The summed E-state index contributed by atoms with van der Waals surface area (Å²) in [6.07, 6.45) is 0. The highest BCUT2D eigenvalue weighted by Gasteiger charge is 2.08. The number of anilines is 1. The van der Waals surface area contributed by atoms with Crippen LogP contribution in [0.2, 0.25) is 0 Å². The molecule has 3 aromatic rings. The predicted octanol–water partition coefficient (Wildman–Crippen LogP) is 1.49. The van der Waals surface area contributed by atoms with Gasteiger partial charge >= 0.3 is 0 Å². The average molecular weight is 269 g/mol. The lowest BCUT2D eigenvalue weighted by Gasteiger charge is -2.07. The zero-order chi connectivity index (χ0) is 14.1. The molecule has 0 spiro atoms. The molecule has 20 heavy (non-hydrogen) atoms. The Labute approximate surface area is 116 Å². The molecule has 6 nitrogen and oxygen atoms in total. The van der Waals surface area contributed by atoms with Crippen LogP contribution < -0.4 is 15.8 Å². The maximum atomic E-state index is 5.99. The monoisotopic (exact) mass is 269 g/mol. The maximum Gasteiger partial charge on any atom is 0.165 e. The van der Waals surface area contributed by atoms with Gasteiger partial charge in [-0.05, 0) is 25.2 Å². The third kappa shape index (κ3) is 2.10. The third-order valence-electron chi connectivity index (χ3n) is 3.10. The summed E-state index contributed by atoms with van der Waals surface area (Å²) in [5.41, 5.74) is 7.42. The van der Waals surface area contributed by atoms with Gasteiger partial charge in [-0.15, -0.1) is 0 Å². The number of nitrogen functional groups attached to an aromatic ring is 1. The van der Waals surface area contributed by atoms with Crippen molar-refractivity contribution in [3.8, 4) is 5.75 Å². The van der Waals surface area contributed by atoms with Gasteiger partial charge in [0.15, 0.2) is 5.65 Å². The van der Waals surface area contributed by atoms with Crippen molar-refractivity contribution in [2.24, 2.45) is 0 Å². The van der Waals surface area contributed by atoms with E-state index in [-0.39, 0.29) is 0 Å². The molecule has 2 heterocycles. The zero-order valence-electron chi connectivity index (χ0n) is 11.3. The molecule has 0 amide bonds. The van der Waals surface area contributed by atoms with E-state index in [1.807, 2.05) is 31.3 Å². The number of hydrogen-bond donors (Lipinski definition) is 2. The van der Waals surface area contributed by atoms with Crippen molar-refractivity contribution < 1.29 is 4.74 Å². The Balaban J connectivity index is 2.27. The summed E-state index contributed by atoms with van der Waals surface area (Å²) in [5.74, 6) is 1.85. The van der Waals surface area contributed by atoms with Crippen LogP contribution in [0.3, 0.4) is 0 Å². The molecule has 3 rings (SSSR count). The summed E-state index contributed by atoms with van der Waals surface area (Å²) in [6, 6.07) is 7.67. The molecular formula is C14H15N5O. The molecular weight excluding hydrogens is 254 g/mol. The SMILES string of the molecule is CNCc1nc(N)c2cc3ccc(OC)cc3nc2n1. The Morgan fingerprint density at radius 2 is 2.05 bits per heavy atom. The highest BCUT2D eigenvalue weighted by atomic mass is 16.5. The lowest BCUT2D eigenvalue weighted by Crippen LogP contribution is -2.11. The summed E-state index contributed by atoms with van der Waals surface area (Å²) < 4.78 is 5.21. The van der Waals surface area contributed by atoms with Crippen LogP contribution in [0, 0.1) is 0 Å². The molecule has 0 aliphatic heterocycles. The summed E-state index contributed by atoms with van der Waals surface area (Å²) in [6.45, 7) is 0.554. The van der Waals surface area contributed by atoms with Gasteiger partial charge in [0.25, 0.3) is 0 Å². The first-order chi connectivity index (χ1) is 9.71. The van der Waals surface area contributed by atoms with E-state index < -0.39 is 0 Å². The minimum absolute atomic E-state index is 0.450. The fraction of sp³-hybridized carbons (Fsp3) is 0.214. The molecule has 0 unspecified atom stereocenters. The molecule has 0 atom stereocenters. The number of nitrogens with two attached hydrogens (primary N) is 1. The standard InChI is InChI=1S/C14H15N5O/c1-16-7-12-18-13(15)10-5-8-3-4-9(20-2)6-11(8)17-14(10)19-12/h3-6,16H,7H2,1-2H3,(H2,15,17,18,19). The van der Waals surface area contributed by atoms with Gasteiger partial charge in [0, 0.05) is 11.5 Å². The Bertz CT molecular complexity index is 787. The van der Waals surface area contributed by atoms with E-state index in [9.17, 15) is 0 Å². The molecule has 2 aromatic heterocycles. The van der Waals surface area contributed by atoms with Crippen molar-refractivity contribution in [1.82, 2.24) is 20.3 Å². The van der Waals surface area contributed by atoms with E-state index in [1.165, 1.54) is 0 Å². The Morgan fingerprint density at radius 1 is 1.20 bits per heavy atom. The Hall–Kier alpha value is -2.47. The predicted molar refractivity (Wildman–Crippen MR) is 78.6 cm³/mol. The van der Waals surface area contributed by atoms with E-state index in [1.54, 1.807) is 7.11 Å². The number of nitrogens with zero attached hydrogens (tertiary/aromatic N) is 3. The smallest absolute Gasteiger partial charge is 0.165 e. The van der Waals surface area contributed by atoms with Crippen LogP contribution >= 0.6 is 0 Å². The molecule has 102 valence electrons. The molecule has 0 saturated carbocycles. The van der Waals surface area contributed by atoms with Crippen LogP contribution in [0.15, 0.2) is 24.3 Å². The number of benzene rings is 1. The molecule has 0 saturated heterocycles. The fourth-order valence-corrected chi connectivity index (χ4v) is 2.12. The average Bonchev–Trinajstić information content (AvgIpc) is 2.45. The first-order valence-corrected chi connectivity index (χ1v) is 6.27. The molecule has 0 bridgehead atoms. The van der Waals surface area contributed by atoms with Crippen LogP contribution in [-0.2, 0) is 6.54 Å². The van der Waals surface area contributed by atoms with E-state index in [2.05, 4.69) is 20.3 Å². The van der Waals surface area contributed by atoms with Gasteiger partial charge in [0.2, 0.25) is 0 Å². The molecule has 1 aromatic carbocycles. The Kier molecular flexibility index (Phi) is 3.08. The second-order valence-electron chi connectivity index (χ2n) is 4.47. The van der Waals surface area contributed by atoms with Crippen molar-refractivity contribution >= 4 is 27.8 Å².